The van der Waals surface area contributed by atoms with Crippen LogP contribution in [0.1, 0.15) is 5.89 Å². The standard InChI is InChI=1S/C6H12N4O2/c1-10(2-3-11)6-9-8-5(4-7)12-6/h11H,2-4,7H2,1H3. The first kappa shape index (κ1) is 8.95. The molecule has 6 nitrogen and oxygen atoms in total. The summed E-state index contributed by atoms with van der Waals surface area (Å²) in [6.07, 6.45) is 0. The van der Waals surface area contributed by atoms with Crippen molar-refractivity contribution >= 4 is 6.01 Å². The molecule has 0 saturated heterocycles. The minimum atomic E-state index is 0.0524. The van der Waals surface area contributed by atoms with Gasteiger partial charge in [-0.1, -0.05) is 5.10 Å². The van der Waals surface area contributed by atoms with Crippen LogP contribution >= 0.6 is 0 Å². The van der Waals surface area contributed by atoms with E-state index >= 15 is 0 Å². The van der Waals surface area contributed by atoms with Gasteiger partial charge in [-0.05, 0) is 0 Å². The number of aliphatic hydroxyl groups is 1. The molecule has 0 aliphatic rings. The van der Waals surface area contributed by atoms with Crippen LogP contribution in [0.4, 0.5) is 6.01 Å². The quantitative estimate of drug-likeness (QED) is 0.603. The molecule has 1 rings (SSSR count). The Hall–Kier alpha value is -1.14. The second kappa shape index (κ2) is 4.03. The van der Waals surface area contributed by atoms with Gasteiger partial charge in [-0.3, -0.25) is 0 Å². The zero-order chi connectivity index (χ0) is 8.97. The van der Waals surface area contributed by atoms with Gasteiger partial charge in [0.25, 0.3) is 0 Å². The van der Waals surface area contributed by atoms with Gasteiger partial charge < -0.3 is 20.2 Å². The highest BCUT2D eigenvalue weighted by molar-refractivity contribution is 5.21. The Morgan fingerprint density at radius 1 is 1.58 bits per heavy atom. The van der Waals surface area contributed by atoms with Gasteiger partial charge in [-0.15, -0.1) is 5.10 Å². The van der Waals surface area contributed by atoms with Crippen LogP contribution in [0.2, 0.25) is 0 Å². The van der Waals surface area contributed by atoms with E-state index in [-0.39, 0.29) is 13.2 Å². The summed E-state index contributed by atoms with van der Waals surface area (Å²) in [7, 11) is 1.75. The van der Waals surface area contributed by atoms with Gasteiger partial charge in [0.1, 0.15) is 0 Å². The van der Waals surface area contributed by atoms with Gasteiger partial charge in [0, 0.05) is 13.6 Å². The smallest absolute Gasteiger partial charge is 0.318 e. The van der Waals surface area contributed by atoms with E-state index in [2.05, 4.69) is 10.2 Å². The molecule has 0 fully saturated rings. The lowest BCUT2D eigenvalue weighted by Gasteiger charge is -2.10. The second-order valence-electron chi connectivity index (χ2n) is 2.33. The van der Waals surface area contributed by atoms with Crippen molar-refractivity contribution in [3.8, 4) is 0 Å². The number of anilines is 1. The Labute approximate surface area is 70.0 Å². The van der Waals surface area contributed by atoms with Crippen LogP contribution in [0.15, 0.2) is 4.42 Å². The highest BCUT2D eigenvalue weighted by Crippen LogP contribution is 2.08. The molecule has 0 aliphatic heterocycles. The SMILES string of the molecule is CN(CCO)c1nnc(CN)o1. The predicted octanol–water partition coefficient (Wildman–Crippen LogP) is -1.04. The first-order chi connectivity index (χ1) is 5.77. The van der Waals surface area contributed by atoms with Crippen molar-refractivity contribution in [1.82, 2.24) is 10.2 Å². The summed E-state index contributed by atoms with van der Waals surface area (Å²) in [5.74, 6) is 0.398. The molecular weight excluding hydrogens is 160 g/mol. The third-order valence-electron chi connectivity index (χ3n) is 1.39. The van der Waals surface area contributed by atoms with E-state index in [1.54, 1.807) is 11.9 Å². The molecule has 68 valence electrons. The van der Waals surface area contributed by atoms with E-state index < -0.39 is 0 Å². The largest absolute Gasteiger partial charge is 0.407 e. The molecule has 1 aromatic rings. The average molecular weight is 172 g/mol. The molecule has 0 unspecified atom stereocenters. The monoisotopic (exact) mass is 172 g/mol. The molecule has 3 N–H and O–H groups in total. The number of hydrogen-bond donors (Lipinski definition) is 2. The molecule has 0 aliphatic carbocycles. The van der Waals surface area contributed by atoms with Crippen LogP contribution in [-0.2, 0) is 6.54 Å². The van der Waals surface area contributed by atoms with Crippen molar-refractivity contribution in [2.75, 3.05) is 25.1 Å². The third kappa shape index (κ3) is 1.93. The minimum Gasteiger partial charge on any atom is -0.407 e. The van der Waals surface area contributed by atoms with Crippen molar-refractivity contribution < 1.29 is 9.52 Å². The van der Waals surface area contributed by atoms with Crippen molar-refractivity contribution in [2.45, 2.75) is 6.54 Å². The van der Waals surface area contributed by atoms with E-state index in [0.29, 0.717) is 18.5 Å². The molecule has 0 radical (unpaired) electrons. The van der Waals surface area contributed by atoms with Crippen molar-refractivity contribution in [3.63, 3.8) is 0 Å². The number of rotatable bonds is 4. The third-order valence-corrected chi connectivity index (χ3v) is 1.39. The Bertz CT molecular complexity index is 237. The fraction of sp³-hybridized carbons (Fsp3) is 0.667. The first-order valence-corrected chi connectivity index (χ1v) is 3.62. The Morgan fingerprint density at radius 3 is 2.83 bits per heavy atom. The lowest BCUT2D eigenvalue weighted by atomic mass is 10.6. The number of nitrogens with two attached hydrogens (primary N) is 1. The van der Waals surface area contributed by atoms with E-state index in [9.17, 15) is 0 Å². The molecule has 0 spiro atoms. The van der Waals surface area contributed by atoms with E-state index in [1.165, 1.54) is 0 Å². The van der Waals surface area contributed by atoms with E-state index in [4.69, 9.17) is 15.3 Å². The average Bonchev–Trinajstić information content (AvgIpc) is 2.52. The van der Waals surface area contributed by atoms with Gasteiger partial charge >= 0.3 is 6.01 Å². The van der Waals surface area contributed by atoms with Crippen LogP contribution in [0, 0.1) is 0 Å². The van der Waals surface area contributed by atoms with Crippen LogP contribution in [0.25, 0.3) is 0 Å². The summed E-state index contributed by atoms with van der Waals surface area (Å²) in [6, 6.07) is 0.379. The summed E-state index contributed by atoms with van der Waals surface area (Å²) in [5.41, 5.74) is 5.27. The topological polar surface area (TPSA) is 88.4 Å². The van der Waals surface area contributed by atoms with Crippen LogP contribution in [0.5, 0.6) is 0 Å². The van der Waals surface area contributed by atoms with Gasteiger partial charge in [0.2, 0.25) is 5.89 Å². The summed E-state index contributed by atoms with van der Waals surface area (Å²) in [4.78, 5) is 1.66. The van der Waals surface area contributed by atoms with Gasteiger partial charge in [-0.2, -0.15) is 0 Å². The normalized spacial score (nSPS) is 10.2. The lowest BCUT2D eigenvalue weighted by molar-refractivity contribution is 0.301. The molecule has 1 aromatic heterocycles. The predicted molar refractivity (Wildman–Crippen MR) is 42.5 cm³/mol. The van der Waals surface area contributed by atoms with Crippen molar-refractivity contribution in [1.29, 1.82) is 0 Å². The molecule has 0 aromatic carbocycles. The van der Waals surface area contributed by atoms with Gasteiger partial charge in [0.15, 0.2) is 0 Å². The van der Waals surface area contributed by atoms with E-state index in [1.807, 2.05) is 0 Å². The Kier molecular flexibility index (Phi) is 3.01. The van der Waals surface area contributed by atoms with Crippen molar-refractivity contribution in [2.24, 2.45) is 5.73 Å². The summed E-state index contributed by atoms with van der Waals surface area (Å²) in [6.45, 7) is 0.753. The maximum absolute atomic E-state index is 8.61. The van der Waals surface area contributed by atoms with Gasteiger partial charge in [-0.25, -0.2) is 0 Å². The minimum absolute atomic E-state index is 0.0524. The number of likely N-dealkylation sites (N-methyl/N-ethyl adjacent to an activating group) is 1. The highest BCUT2D eigenvalue weighted by atomic mass is 16.4. The highest BCUT2D eigenvalue weighted by Gasteiger charge is 2.08. The molecule has 1 heterocycles. The zero-order valence-electron chi connectivity index (χ0n) is 6.90. The zero-order valence-corrected chi connectivity index (χ0v) is 6.90. The Balaban J connectivity index is 2.61. The maximum Gasteiger partial charge on any atom is 0.318 e. The Morgan fingerprint density at radius 2 is 2.33 bits per heavy atom. The summed E-state index contributed by atoms with van der Waals surface area (Å²) in [5, 5.41) is 16.0. The summed E-state index contributed by atoms with van der Waals surface area (Å²) >= 11 is 0. The fourth-order valence-corrected chi connectivity index (χ4v) is 0.727. The molecular formula is C6H12N4O2. The molecule has 12 heavy (non-hydrogen) atoms. The van der Waals surface area contributed by atoms with Crippen molar-refractivity contribution in [3.05, 3.63) is 5.89 Å². The maximum atomic E-state index is 8.61. The number of aromatic nitrogens is 2. The number of hydrogen-bond acceptors (Lipinski definition) is 6. The van der Waals surface area contributed by atoms with Gasteiger partial charge in [0.05, 0.1) is 13.2 Å². The van der Waals surface area contributed by atoms with Crippen LogP contribution in [-0.4, -0.2) is 35.5 Å². The number of aliphatic hydroxyl groups excluding tert-OH is 1. The lowest BCUT2D eigenvalue weighted by Crippen LogP contribution is -2.21. The summed E-state index contributed by atoms with van der Waals surface area (Å²) < 4.78 is 5.11. The molecule has 0 bridgehead atoms. The first-order valence-electron chi connectivity index (χ1n) is 3.62. The van der Waals surface area contributed by atoms with Crippen LogP contribution < -0.4 is 10.6 Å². The second-order valence-corrected chi connectivity index (χ2v) is 2.33. The number of nitrogens with zero attached hydrogens (tertiary/aromatic N) is 3. The molecule has 6 heteroatoms. The molecule has 0 saturated carbocycles. The molecule has 0 atom stereocenters. The molecule has 0 amide bonds. The van der Waals surface area contributed by atoms with E-state index in [0.717, 1.165) is 0 Å². The fourth-order valence-electron chi connectivity index (χ4n) is 0.727. The van der Waals surface area contributed by atoms with Crippen LogP contribution in [0.3, 0.4) is 0 Å².